The number of rotatable bonds is 6. The summed E-state index contributed by atoms with van der Waals surface area (Å²) in [6.45, 7) is 8.73. The van der Waals surface area contributed by atoms with Crippen LogP contribution in [0.25, 0.3) is 0 Å². The first-order valence-corrected chi connectivity index (χ1v) is 12.9. The Balaban J connectivity index is 1.84. The van der Waals surface area contributed by atoms with E-state index < -0.39 is 51.8 Å². The van der Waals surface area contributed by atoms with Gasteiger partial charge < -0.3 is 9.84 Å². The molecule has 0 aliphatic heterocycles. The van der Waals surface area contributed by atoms with E-state index in [1.807, 2.05) is 13.8 Å². The Hall–Kier alpha value is -2.15. The fourth-order valence-corrected chi connectivity index (χ4v) is 8.09. The van der Waals surface area contributed by atoms with E-state index in [0.29, 0.717) is 24.8 Å². The van der Waals surface area contributed by atoms with Crippen molar-refractivity contribution in [2.45, 2.75) is 96.9 Å². The van der Waals surface area contributed by atoms with Crippen LogP contribution in [0.15, 0.2) is 23.8 Å². The third-order valence-electron chi connectivity index (χ3n) is 9.91. The molecule has 0 aromatic heterocycles. The molecule has 8 unspecified atom stereocenters. The smallest absolute Gasteiger partial charge is 0.306 e. The van der Waals surface area contributed by atoms with Gasteiger partial charge in [-0.3, -0.25) is 19.2 Å². The average molecular weight is 489 g/mol. The zero-order chi connectivity index (χ0) is 26.0. The van der Waals surface area contributed by atoms with Crippen molar-refractivity contribution in [1.82, 2.24) is 0 Å². The molecule has 0 spiro atoms. The zero-order valence-corrected chi connectivity index (χ0v) is 21.4. The molecule has 4 rings (SSSR count). The van der Waals surface area contributed by atoms with E-state index in [0.717, 1.165) is 0 Å². The Bertz CT molecular complexity index is 1030. The second-order valence-electron chi connectivity index (χ2n) is 11.5. The van der Waals surface area contributed by atoms with Crippen LogP contribution < -0.4 is 0 Å². The predicted octanol–water partition coefficient (Wildman–Crippen LogP) is 4.23. The fourth-order valence-electron chi connectivity index (χ4n) is 8.09. The average Bonchev–Trinajstić information content (AvgIpc) is 3.02. The minimum absolute atomic E-state index is 0.0638. The molecular weight excluding hydrogens is 451 g/mol. The molecule has 1 N–H and O–H groups in total. The van der Waals surface area contributed by atoms with Gasteiger partial charge in [0.2, 0.25) is 0 Å². The van der Waals surface area contributed by atoms with Crippen LogP contribution >= 0.6 is 0 Å². The Kier molecular flexibility index (Phi) is 6.27. The molecule has 0 radical (unpaired) electrons. The molecular formula is C28H37FO6. The molecule has 0 aromatic rings. The van der Waals surface area contributed by atoms with Gasteiger partial charge in [0.25, 0.3) is 0 Å². The standard InChI is InChI=1S/C28H37FO6/c1-6-18(30)14-22(32)28(35-24(34)7-2)16(3)12-21-20-9-8-17-13-19(31)10-11-25(17,4)27(20,29)23(33)15-26(21,28)5/h10-11,13,16,20-21,23,33H,6-9,12,14-15H2,1-5H3. The van der Waals surface area contributed by atoms with Crippen LogP contribution in [-0.4, -0.2) is 45.8 Å². The van der Waals surface area contributed by atoms with Gasteiger partial charge in [0.1, 0.15) is 5.78 Å². The lowest BCUT2D eigenvalue weighted by Gasteiger charge is -2.62. The van der Waals surface area contributed by atoms with Crippen LogP contribution in [0.5, 0.6) is 0 Å². The lowest BCUT2D eigenvalue weighted by atomic mass is 9.44. The monoisotopic (exact) mass is 488 g/mol. The largest absolute Gasteiger partial charge is 0.450 e. The fraction of sp³-hybridized carbons (Fsp3) is 0.714. The van der Waals surface area contributed by atoms with Crippen molar-refractivity contribution < 1.29 is 33.4 Å². The van der Waals surface area contributed by atoms with Gasteiger partial charge >= 0.3 is 5.97 Å². The Morgan fingerprint density at radius 1 is 1.17 bits per heavy atom. The number of alkyl halides is 1. The molecule has 4 aliphatic rings. The number of aliphatic hydroxyl groups is 1. The van der Waals surface area contributed by atoms with Crippen molar-refractivity contribution in [3.05, 3.63) is 23.8 Å². The highest BCUT2D eigenvalue weighted by molar-refractivity contribution is 6.04. The summed E-state index contributed by atoms with van der Waals surface area (Å²) < 4.78 is 23.3. The number of ether oxygens (including phenoxy) is 1. The van der Waals surface area contributed by atoms with Crippen LogP contribution in [0.1, 0.15) is 79.6 Å². The van der Waals surface area contributed by atoms with Crippen LogP contribution in [0, 0.1) is 28.6 Å². The summed E-state index contributed by atoms with van der Waals surface area (Å²) in [5.74, 6) is -2.80. The van der Waals surface area contributed by atoms with Gasteiger partial charge in [-0.1, -0.05) is 39.3 Å². The molecule has 0 amide bonds. The van der Waals surface area contributed by atoms with Crippen LogP contribution in [0.3, 0.4) is 0 Å². The number of allylic oxidation sites excluding steroid dienone is 4. The zero-order valence-electron chi connectivity index (χ0n) is 21.4. The Labute approximate surface area is 206 Å². The normalized spacial score (nSPS) is 44.1. The number of halogens is 1. The molecule has 0 saturated heterocycles. The summed E-state index contributed by atoms with van der Waals surface area (Å²) in [5, 5.41) is 11.5. The van der Waals surface area contributed by atoms with Crippen molar-refractivity contribution in [1.29, 1.82) is 0 Å². The number of fused-ring (bicyclic) bond motifs is 5. The third-order valence-corrected chi connectivity index (χ3v) is 9.91. The van der Waals surface area contributed by atoms with Crippen molar-refractivity contribution in [3.8, 4) is 0 Å². The maximum atomic E-state index is 17.3. The Morgan fingerprint density at radius 3 is 2.49 bits per heavy atom. The number of ketones is 3. The van der Waals surface area contributed by atoms with E-state index >= 15 is 4.39 Å². The summed E-state index contributed by atoms with van der Waals surface area (Å²) in [6.07, 6.45) is 4.21. The highest BCUT2D eigenvalue weighted by Crippen LogP contribution is 2.71. The van der Waals surface area contributed by atoms with Crippen LogP contribution in [0.2, 0.25) is 0 Å². The van der Waals surface area contributed by atoms with Gasteiger partial charge in [0.05, 0.1) is 12.5 Å². The SMILES string of the molecule is CCC(=O)CC(=O)C1(OC(=O)CC)C(C)CC2C3CCC4=CC(=O)C=CC4(C)C3(F)C(O)CC21C. The van der Waals surface area contributed by atoms with E-state index in [9.17, 15) is 24.3 Å². The quantitative estimate of drug-likeness (QED) is 0.444. The molecule has 35 heavy (non-hydrogen) atoms. The summed E-state index contributed by atoms with van der Waals surface area (Å²) >= 11 is 0. The van der Waals surface area contributed by atoms with Gasteiger partial charge in [-0.25, -0.2) is 4.39 Å². The molecule has 7 heteroatoms. The minimum Gasteiger partial charge on any atom is -0.450 e. The Morgan fingerprint density at radius 2 is 1.86 bits per heavy atom. The molecule has 0 aromatic carbocycles. The topological polar surface area (TPSA) is 97.7 Å². The molecule has 4 aliphatic carbocycles. The van der Waals surface area contributed by atoms with E-state index in [2.05, 4.69) is 0 Å². The number of Topliss-reactive ketones (excluding diaryl/α,β-unsaturated/α-hetero) is 2. The number of esters is 1. The number of hydrogen-bond acceptors (Lipinski definition) is 6. The van der Waals surface area contributed by atoms with Gasteiger partial charge in [-0.15, -0.1) is 0 Å². The number of hydrogen-bond donors (Lipinski definition) is 1. The number of aliphatic hydroxyl groups excluding tert-OH is 1. The first-order chi connectivity index (χ1) is 16.3. The third kappa shape index (κ3) is 3.29. The molecule has 3 saturated carbocycles. The highest BCUT2D eigenvalue weighted by atomic mass is 19.1. The van der Waals surface area contributed by atoms with Crippen molar-refractivity contribution >= 4 is 23.3 Å². The maximum absolute atomic E-state index is 17.3. The van der Waals surface area contributed by atoms with E-state index in [4.69, 9.17) is 4.74 Å². The first-order valence-electron chi connectivity index (χ1n) is 12.9. The van der Waals surface area contributed by atoms with Gasteiger partial charge in [0.15, 0.2) is 22.8 Å². The molecule has 3 fully saturated rings. The van der Waals surface area contributed by atoms with Crippen molar-refractivity contribution in [3.63, 3.8) is 0 Å². The van der Waals surface area contributed by atoms with E-state index in [1.54, 1.807) is 26.8 Å². The van der Waals surface area contributed by atoms with Crippen LogP contribution in [0.4, 0.5) is 4.39 Å². The summed E-state index contributed by atoms with van der Waals surface area (Å²) in [6, 6.07) is 0. The highest BCUT2D eigenvalue weighted by Gasteiger charge is 2.77. The molecule has 0 heterocycles. The summed E-state index contributed by atoms with van der Waals surface area (Å²) in [4.78, 5) is 50.8. The first kappa shape index (κ1) is 25.9. The van der Waals surface area contributed by atoms with E-state index in [-0.39, 0.29) is 43.2 Å². The minimum atomic E-state index is -2.04. The summed E-state index contributed by atoms with van der Waals surface area (Å²) in [7, 11) is 0. The summed E-state index contributed by atoms with van der Waals surface area (Å²) in [5.41, 5.74) is -5.13. The maximum Gasteiger partial charge on any atom is 0.306 e. The van der Waals surface area contributed by atoms with Crippen molar-refractivity contribution in [2.24, 2.45) is 28.6 Å². The van der Waals surface area contributed by atoms with Crippen LogP contribution in [-0.2, 0) is 23.9 Å². The molecule has 6 nitrogen and oxygen atoms in total. The van der Waals surface area contributed by atoms with Gasteiger partial charge in [-0.2, -0.15) is 0 Å². The van der Waals surface area contributed by atoms with Gasteiger partial charge in [0, 0.05) is 35.5 Å². The lowest BCUT2D eigenvalue weighted by Crippen LogP contribution is -2.70. The second kappa shape index (κ2) is 8.46. The predicted molar refractivity (Wildman–Crippen MR) is 127 cm³/mol. The number of carbonyl (C=O) groups is 4. The molecule has 0 bridgehead atoms. The van der Waals surface area contributed by atoms with Gasteiger partial charge in [-0.05, 0) is 50.7 Å². The lowest BCUT2D eigenvalue weighted by molar-refractivity contribution is -0.227. The number of carbonyl (C=O) groups excluding carboxylic acids is 4. The second-order valence-corrected chi connectivity index (χ2v) is 11.5. The molecule has 192 valence electrons. The van der Waals surface area contributed by atoms with E-state index in [1.165, 1.54) is 12.2 Å². The molecule has 8 atom stereocenters. The van der Waals surface area contributed by atoms with Crippen molar-refractivity contribution in [2.75, 3.05) is 0 Å².